The van der Waals surface area contributed by atoms with Crippen LogP contribution in [0.4, 0.5) is 4.79 Å². The summed E-state index contributed by atoms with van der Waals surface area (Å²) in [6.07, 6.45) is 0.316. The number of halogens is 1. The second-order valence-corrected chi connectivity index (χ2v) is 9.60. The minimum absolute atomic E-state index is 0.0448. The van der Waals surface area contributed by atoms with E-state index < -0.39 is 5.60 Å². The number of piperidine rings is 1. The van der Waals surface area contributed by atoms with E-state index in [1.165, 1.54) is 0 Å². The second kappa shape index (κ2) is 9.73. The van der Waals surface area contributed by atoms with Crippen LogP contribution in [0.1, 0.15) is 49.0 Å². The van der Waals surface area contributed by atoms with Crippen LogP contribution >= 0.6 is 15.9 Å². The molecule has 0 bridgehead atoms. The van der Waals surface area contributed by atoms with Crippen LogP contribution < -0.4 is 10.1 Å². The lowest BCUT2D eigenvalue weighted by Crippen LogP contribution is -2.52. The molecule has 166 valence electrons. The number of hydrogen-bond acceptors (Lipinski definition) is 4. The maximum absolute atomic E-state index is 12.9. The molecule has 0 unspecified atom stereocenters. The van der Waals surface area contributed by atoms with Gasteiger partial charge in [0.1, 0.15) is 11.4 Å². The summed E-state index contributed by atoms with van der Waals surface area (Å²) in [6, 6.07) is 14.9. The zero-order valence-corrected chi connectivity index (χ0v) is 19.9. The van der Waals surface area contributed by atoms with Crippen molar-refractivity contribution in [2.75, 3.05) is 20.2 Å². The minimum atomic E-state index is -0.552. The fraction of sp³-hybridized carbons (Fsp3) is 0.417. The fourth-order valence-electron chi connectivity index (χ4n) is 3.66. The van der Waals surface area contributed by atoms with Gasteiger partial charge in [-0.05, 0) is 69.2 Å². The molecular weight excluding hydrogens is 460 g/mol. The second-order valence-electron chi connectivity index (χ2n) is 8.68. The first kappa shape index (κ1) is 23.1. The summed E-state index contributed by atoms with van der Waals surface area (Å²) in [5.74, 6) is 0.520. The van der Waals surface area contributed by atoms with Gasteiger partial charge in [0.25, 0.3) is 5.91 Å². The van der Waals surface area contributed by atoms with E-state index in [4.69, 9.17) is 9.47 Å². The predicted molar refractivity (Wildman–Crippen MR) is 124 cm³/mol. The van der Waals surface area contributed by atoms with Crippen molar-refractivity contribution in [1.29, 1.82) is 0 Å². The maximum atomic E-state index is 12.9. The number of nitrogens with zero attached hydrogens (tertiary/aromatic N) is 1. The Balaban J connectivity index is 1.78. The van der Waals surface area contributed by atoms with Crippen molar-refractivity contribution >= 4 is 27.9 Å². The number of likely N-dealkylation sites (tertiary alicyclic amines) is 1. The van der Waals surface area contributed by atoms with Crippen molar-refractivity contribution in [3.63, 3.8) is 0 Å². The number of rotatable bonds is 4. The third-order valence-corrected chi connectivity index (χ3v) is 5.76. The molecule has 1 N–H and O–H groups in total. The highest BCUT2D eigenvalue weighted by Crippen LogP contribution is 2.30. The molecule has 0 saturated carbocycles. The largest absolute Gasteiger partial charge is 0.497 e. The summed E-state index contributed by atoms with van der Waals surface area (Å²) in [5, 5.41) is 3.17. The van der Waals surface area contributed by atoms with E-state index in [-0.39, 0.29) is 24.0 Å². The number of ether oxygens (including phenoxy) is 2. The Morgan fingerprint density at radius 2 is 1.71 bits per heavy atom. The van der Waals surface area contributed by atoms with Gasteiger partial charge in [-0.2, -0.15) is 0 Å². The van der Waals surface area contributed by atoms with Crippen LogP contribution in [0.2, 0.25) is 0 Å². The predicted octanol–water partition coefficient (Wildman–Crippen LogP) is 4.98. The van der Waals surface area contributed by atoms with Gasteiger partial charge in [-0.3, -0.25) is 4.79 Å². The SMILES string of the molecule is COc1ccc(C(=O)N[C@@H]2CCN(C(=O)OC(C)(C)C)C[C@H]2c2ccc(Br)cc2)cc1. The van der Waals surface area contributed by atoms with E-state index in [0.717, 1.165) is 10.0 Å². The summed E-state index contributed by atoms with van der Waals surface area (Å²) in [5.41, 5.74) is 1.09. The molecule has 1 aliphatic rings. The van der Waals surface area contributed by atoms with Crippen LogP contribution in [0.25, 0.3) is 0 Å². The third-order valence-electron chi connectivity index (χ3n) is 5.23. The molecule has 1 heterocycles. The summed E-state index contributed by atoms with van der Waals surface area (Å²) < 4.78 is 11.7. The van der Waals surface area contributed by atoms with E-state index in [0.29, 0.717) is 30.8 Å². The first-order valence-corrected chi connectivity index (χ1v) is 11.1. The normalized spacial score (nSPS) is 18.9. The summed E-state index contributed by atoms with van der Waals surface area (Å²) in [6.45, 7) is 6.58. The fourth-order valence-corrected chi connectivity index (χ4v) is 3.92. The van der Waals surface area contributed by atoms with Crippen molar-refractivity contribution in [1.82, 2.24) is 10.2 Å². The van der Waals surface area contributed by atoms with Gasteiger partial charge in [0, 0.05) is 35.1 Å². The van der Waals surface area contributed by atoms with Crippen LogP contribution in [0, 0.1) is 0 Å². The lowest BCUT2D eigenvalue weighted by molar-refractivity contribution is 0.0177. The van der Waals surface area contributed by atoms with Crippen LogP contribution in [-0.4, -0.2) is 48.7 Å². The van der Waals surface area contributed by atoms with Gasteiger partial charge in [0.15, 0.2) is 0 Å². The highest BCUT2D eigenvalue weighted by molar-refractivity contribution is 9.10. The highest BCUT2D eigenvalue weighted by Gasteiger charge is 2.35. The van der Waals surface area contributed by atoms with Crippen LogP contribution in [0.15, 0.2) is 53.0 Å². The van der Waals surface area contributed by atoms with Gasteiger partial charge in [-0.15, -0.1) is 0 Å². The summed E-state index contributed by atoms with van der Waals surface area (Å²) in [7, 11) is 1.59. The van der Waals surface area contributed by atoms with Crippen molar-refractivity contribution < 1.29 is 19.1 Å². The Kier molecular flexibility index (Phi) is 7.26. The van der Waals surface area contributed by atoms with Crippen LogP contribution in [0.3, 0.4) is 0 Å². The Labute approximate surface area is 192 Å². The summed E-state index contributed by atoms with van der Waals surface area (Å²) in [4.78, 5) is 27.3. The Morgan fingerprint density at radius 1 is 1.06 bits per heavy atom. The number of amides is 2. The monoisotopic (exact) mass is 488 g/mol. The van der Waals surface area contributed by atoms with Crippen molar-refractivity contribution in [3.05, 3.63) is 64.1 Å². The first-order valence-electron chi connectivity index (χ1n) is 10.3. The number of carbonyl (C=O) groups is 2. The number of hydrogen-bond donors (Lipinski definition) is 1. The van der Waals surface area contributed by atoms with Crippen molar-refractivity contribution in [2.45, 2.75) is 44.8 Å². The topological polar surface area (TPSA) is 67.9 Å². The van der Waals surface area contributed by atoms with E-state index >= 15 is 0 Å². The Morgan fingerprint density at radius 3 is 2.29 bits per heavy atom. The molecule has 0 spiro atoms. The third kappa shape index (κ3) is 6.23. The van der Waals surface area contributed by atoms with Crippen LogP contribution in [-0.2, 0) is 4.74 Å². The average Bonchev–Trinajstić information content (AvgIpc) is 2.73. The lowest BCUT2D eigenvalue weighted by Gasteiger charge is -2.39. The zero-order chi connectivity index (χ0) is 22.6. The highest BCUT2D eigenvalue weighted by atomic mass is 79.9. The quantitative estimate of drug-likeness (QED) is 0.658. The molecule has 2 atom stereocenters. The molecule has 1 aliphatic heterocycles. The molecule has 2 amide bonds. The number of carbonyl (C=O) groups excluding carboxylic acids is 2. The lowest BCUT2D eigenvalue weighted by atomic mass is 9.86. The standard InChI is InChI=1S/C24H29BrN2O4/c1-24(2,3)31-23(29)27-14-13-21(20(15-27)16-5-9-18(25)10-6-16)26-22(28)17-7-11-19(30-4)12-8-17/h5-12,20-21H,13-15H2,1-4H3,(H,26,28)/t20-,21+/m0/s1. The molecule has 7 heteroatoms. The molecule has 1 fully saturated rings. The molecule has 2 aromatic carbocycles. The maximum Gasteiger partial charge on any atom is 0.410 e. The van der Waals surface area contributed by atoms with Gasteiger partial charge in [-0.25, -0.2) is 4.79 Å². The van der Waals surface area contributed by atoms with Gasteiger partial charge < -0.3 is 19.7 Å². The van der Waals surface area contributed by atoms with Crippen molar-refractivity contribution in [2.24, 2.45) is 0 Å². The number of benzene rings is 2. The van der Waals surface area contributed by atoms with Gasteiger partial charge in [-0.1, -0.05) is 28.1 Å². The zero-order valence-electron chi connectivity index (χ0n) is 18.4. The molecular formula is C24H29BrN2O4. The number of nitrogens with one attached hydrogen (secondary N) is 1. The summed E-state index contributed by atoms with van der Waals surface area (Å²) >= 11 is 3.47. The molecule has 0 aromatic heterocycles. The van der Waals surface area contributed by atoms with Gasteiger partial charge in [0.2, 0.25) is 0 Å². The van der Waals surface area contributed by atoms with Gasteiger partial charge in [0.05, 0.1) is 7.11 Å². The van der Waals surface area contributed by atoms with E-state index in [1.807, 2.05) is 45.0 Å². The van der Waals surface area contributed by atoms with E-state index in [2.05, 4.69) is 21.2 Å². The van der Waals surface area contributed by atoms with E-state index in [9.17, 15) is 9.59 Å². The molecule has 1 saturated heterocycles. The van der Waals surface area contributed by atoms with Crippen molar-refractivity contribution in [3.8, 4) is 5.75 Å². The Hall–Kier alpha value is -2.54. The van der Waals surface area contributed by atoms with Crippen LogP contribution in [0.5, 0.6) is 5.75 Å². The van der Waals surface area contributed by atoms with Gasteiger partial charge >= 0.3 is 6.09 Å². The molecule has 31 heavy (non-hydrogen) atoms. The molecule has 3 rings (SSSR count). The molecule has 2 aromatic rings. The minimum Gasteiger partial charge on any atom is -0.497 e. The average molecular weight is 489 g/mol. The first-order chi connectivity index (χ1) is 14.7. The Bertz CT molecular complexity index is 907. The molecule has 0 radical (unpaired) electrons. The van der Waals surface area contributed by atoms with E-state index in [1.54, 1.807) is 36.3 Å². The molecule has 0 aliphatic carbocycles. The molecule has 6 nitrogen and oxygen atoms in total. The number of methoxy groups -OCH3 is 1. The smallest absolute Gasteiger partial charge is 0.410 e.